The van der Waals surface area contributed by atoms with Gasteiger partial charge in [0.15, 0.2) is 0 Å². The number of aromatic nitrogens is 2. The van der Waals surface area contributed by atoms with Gasteiger partial charge in [-0.3, -0.25) is 14.5 Å². The molecule has 0 bridgehead atoms. The lowest BCUT2D eigenvalue weighted by Gasteiger charge is -2.24. The zero-order valence-corrected chi connectivity index (χ0v) is 21.9. The maximum absolute atomic E-state index is 13.5. The molecule has 10 heteroatoms. The van der Waals surface area contributed by atoms with Crippen molar-refractivity contribution >= 4 is 51.7 Å². The van der Waals surface area contributed by atoms with Crippen LogP contribution in [0.1, 0.15) is 17.2 Å². The molecule has 1 aromatic heterocycles. The van der Waals surface area contributed by atoms with E-state index < -0.39 is 23.5 Å². The summed E-state index contributed by atoms with van der Waals surface area (Å²) in [5.41, 5.74) is 2.80. The van der Waals surface area contributed by atoms with Crippen LogP contribution in [0.2, 0.25) is 5.02 Å². The molecule has 1 atom stereocenters. The molecular formula is C28H25ClN4O5. The molecule has 194 valence electrons. The summed E-state index contributed by atoms with van der Waals surface area (Å²) in [4.78, 5) is 37.9. The minimum Gasteiger partial charge on any atom is -0.507 e. The number of aromatic amines is 1. The molecule has 5 rings (SSSR count). The van der Waals surface area contributed by atoms with Crippen molar-refractivity contribution in [2.75, 3.05) is 38.1 Å². The first-order valence-corrected chi connectivity index (χ1v) is 12.1. The number of amides is 1. The SMILES string of the molecule is COc1ccc(Cl)c(/C(O)=C2\C(=O)C(=O)N(c3nc4ccc(OC)cc4[nH]3)C2c2ccc(N(C)C)cc2)c1. The van der Waals surface area contributed by atoms with Gasteiger partial charge < -0.3 is 24.5 Å². The lowest BCUT2D eigenvalue weighted by molar-refractivity contribution is -0.132. The number of Topliss-reactive ketones (excluding diaryl/α,β-unsaturated/α-hetero) is 1. The number of ether oxygens (including phenoxy) is 2. The first-order chi connectivity index (χ1) is 18.2. The number of anilines is 2. The van der Waals surface area contributed by atoms with Crippen molar-refractivity contribution in [2.24, 2.45) is 0 Å². The summed E-state index contributed by atoms with van der Waals surface area (Å²) in [6.07, 6.45) is 0. The molecule has 1 aliphatic heterocycles. The number of nitrogens with one attached hydrogen (secondary N) is 1. The van der Waals surface area contributed by atoms with E-state index in [0.29, 0.717) is 28.1 Å². The van der Waals surface area contributed by atoms with Gasteiger partial charge in [0.1, 0.15) is 17.3 Å². The van der Waals surface area contributed by atoms with Crippen molar-refractivity contribution in [3.05, 3.63) is 82.4 Å². The van der Waals surface area contributed by atoms with Crippen LogP contribution in [0.5, 0.6) is 11.5 Å². The maximum Gasteiger partial charge on any atom is 0.302 e. The molecule has 2 heterocycles. The number of hydrogen-bond donors (Lipinski definition) is 2. The van der Waals surface area contributed by atoms with Gasteiger partial charge >= 0.3 is 5.91 Å². The van der Waals surface area contributed by atoms with Crippen LogP contribution in [-0.2, 0) is 9.59 Å². The number of nitrogens with zero attached hydrogens (tertiary/aromatic N) is 3. The molecular weight excluding hydrogens is 508 g/mol. The summed E-state index contributed by atoms with van der Waals surface area (Å²) in [6.45, 7) is 0. The van der Waals surface area contributed by atoms with Gasteiger partial charge in [-0.1, -0.05) is 23.7 Å². The highest BCUT2D eigenvalue weighted by Gasteiger charge is 2.48. The van der Waals surface area contributed by atoms with Gasteiger partial charge in [0, 0.05) is 31.4 Å². The van der Waals surface area contributed by atoms with Gasteiger partial charge in [0.2, 0.25) is 5.95 Å². The number of halogens is 1. The van der Waals surface area contributed by atoms with E-state index in [1.807, 2.05) is 43.3 Å². The van der Waals surface area contributed by atoms with Crippen LogP contribution in [0, 0.1) is 0 Å². The Morgan fingerprint density at radius 3 is 2.32 bits per heavy atom. The van der Waals surface area contributed by atoms with Gasteiger partial charge in [-0.25, -0.2) is 4.98 Å². The van der Waals surface area contributed by atoms with Crippen LogP contribution in [0.15, 0.2) is 66.2 Å². The second-order valence-electron chi connectivity index (χ2n) is 8.94. The van der Waals surface area contributed by atoms with E-state index in [-0.39, 0.29) is 22.1 Å². The number of ketones is 1. The number of carbonyl (C=O) groups is 2. The molecule has 1 fully saturated rings. The van der Waals surface area contributed by atoms with Gasteiger partial charge in [-0.15, -0.1) is 0 Å². The second kappa shape index (κ2) is 9.75. The quantitative estimate of drug-likeness (QED) is 0.206. The number of benzene rings is 3. The van der Waals surface area contributed by atoms with E-state index in [0.717, 1.165) is 5.69 Å². The third-order valence-corrected chi connectivity index (χ3v) is 6.83. The number of fused-ring (bicyclic) bond motifs is 1. The summed E-state index contributed by atoms with van der Waals surface area (Å²) in [5, 5.41) is 11.6. The van der Waals surface area contributed by atoms with E-state index >= 15 is 0 Å². The molecule has 38 heavy (non-hydrogen) atoms. The van der Waals surface area contributed by atoms with E-state index in [9.17, 15) is 14.7 Å². The van der Waals surface area contributed by atoms with E-state index in [1.54, 1.807) is 37.4 Å². The van der Waals surface area contributed by atoms with Crippen molar-refractivity contribution in [3.63, 3.8) is 0 Å². The monoisotopic (exact) mass is 532 g/mol. The van der Waals surface area contributed by atoms with Gasteiger partial charge in [0.25, 0.3) is 5.78 Å². The van der Waals surface area contributed by atoms with Gasteiger partial charge in [0.05, 0.1) is 41.9 Å². The predicted octanol–water partition coefficient (Wildman–Crippen LogP) is 4.93. The van der Waals surface area contributed by atoms with Crippen molar-refractivity contribution in [1.82, 2.24) is 9.97 Å². The van der Waals surface area contributed by atoms with E-state index in [1.165, 1.54) is 18.1 Å². The molecule has 4 aromatic rings. The lowest BCUT2D eigenvalue weighted by atomic mass is 9.95. The Morgan fingerprint density at radius 1 is 1.00 bits per heavy atom. The van der Waals surface area contributed by atoms with Crippen molar-refractivity contribution in [1.29, 1.82) is 0 Å². The first-order valence-electron chi connectivity index (χ1n) is 11.7. The Labute approximate surface area is 223 Å². The Morgan fingerprint density at radius 2 is 1.66 bits per heavy atom. The Bertz CT molecular complexity index is 1590. The Kier molecular flexibility index (Phi) is 6.46. The molecule has 0 saturated carbocycles. The fourth-order valence-electron chi connectivity index (χ4n) is 4.50. The topological polar surface area (TPSA) is 108 Å². The average molecular weight is 533 g/mol. The highest BCUT2D eigenvalue weighted by Crippen LogP contribution is 2.43. The van der Waals surface area contributed by atoms with E-state index in [2.05, 4.69) is 9.97 Å². The normalized spacial score (nSPS) is 16.8. The highest BCUT2D eigenvalue weighted by molar-refractivity contribution is 6.51. The molecule has 0 radical (unpaired) electrons. The number of aliphatic hydroxyl groups is 1. The van der Waals surface area contributed by atoms with Crippen molar-refractivity contribution in [3.8, 4) is 11.5 Å². The number of imidazole rings is 1. The number of carbonyl (C=O) groups excluding carboxylic acids is 2. The van der Waals surface area contributed by atoms with Crippen LogP contribution in [-0.4, -0.2) is 55.1 Å². The standard InChI is InChI=1S/C28H25ClN4O5/c1-32(2)16-7-5-15(6-8-16)24-23(25(34)19-13-17(37-3)9-11-20(19)29)26(35)27(36)33(24)28-30-21-12-10-18(38-4)14-22(21)31-28/h5-14,24,34H,1-4H3,(H,30,31)/b25-23+. The fraction of sp³-hybridized carbons (Fsp3) is 0.179. The summed E-state index contributed by atoms with van der Waals surface area (Å²) in [5.74, 6) is -0.900. The van der Waals surface area contributed by atoms with Crippen LogP contribution in [0.3, 0.4) is 0 Å². The number of methoxy groups -OCH3 is 2. The van der Waals surface area contributed by atoms with Gasteiger partial charge in [-0.05, 0) is 48.0 Å². The highest BCUT2D eigenvalue weighted by atomic mass is 35.5. The molecule has 0 aliphatic carbocycles. The minimum absolute atomic E-state index is 0.110. The second-order valence-corrected chi connectivity index (χ2v) is 9.35. The summed E-state index contributed by atoms with van der Waals surface area (Å²) >= 11 is 6.40. The smallest absolute Gasteiger partial charge is 0.302 e. The Hall–Kier alpha value is -4.50. The van der Waals surface area contributed by atoms with Crippen LogP contribution in [0.25, 0.3) is 16.8 Å². The van der Waals surface area contributed by atoms with Crippen molar-refractivity contribution in [2.45, 2.75) is 6.04 Å². The predicted molar refractivity (Wildman–Crippen MR) is 146 cm³/mol. The number of rotatable bonds is 6. The summed E-state index contributed by atoms with van der Waals surface area (Å²) in [6, 6.07) is 16.4. The largest absolute Gasteiger partial charge is 0.507 e. The summed E-state index contributed by atoms with van der Waals surface area (Å²) in [7, 11) is 6.86. The number of H-pyrrole nitrogens is 1. The maximum atomic E-state index is 13.5. The molecule has 9 nitrogen and oxygen atoms in total. The van der Waals surface area contributed by atoms with Gasteiger partial charge in [-0.2, -0.15) is 0 Å². The fourth-order valence-corrected chi connectivity index (χ4v) is 4.70. The van der Waals surface area contributed by atoms with Crippen LogP contribution >= 0.6 is 11.6 Å². The van der Waals surface area contributed by atoms with E-state index in [4.69, 9.17) is 21.1 Å². The molecule has 3 aromatic carbocycles. The van der Waals surface area contributed by atoms with Crippen LogP contribution < -0.4 is 19.3 Å². The average Bonchev–Trinajstić information content (AvgIpc) is 3.46. The number of hydrogen-bond acceptors (Lipinski definition) is 7. The number of aliphatic hydroxyl groups excluding tert-OH is 1. The first kappa shape index (κ1) is 25.2. The lowest BCUT2D eigenvalue weighted by Crippen LogP contribution is -2.30. The minimum atomic E-state index is -0.976. The van der Waals surface area contributed by atoms with Crippen molar-refractivity contribution < 1.29 is 24.2 Å². The zero-order valence-electron chi connectivity index (χ0n) is 21.2. The third-order valence-electron chi connectivity index (χ3n) is 6.50. The molecule has 1 aliphatic rings. The van der Waals surface area contributed by atoms with Crippen LogP contribution in [0.4, 0.5) is 11.6 Å². The molecule has 0 spiro atoms. The third kappa shape index (κ3) is 4.20. The molecule has 1 amide bonds. The Balaban J connectivity index is 1.73. The molecule has 2 N–H and O–H groups in total. The molecule has 1 unspecified atom stereocenters. The molecule has 1 saturated heterocycles. The zero-order chi connectivity index (χ0) is 27.1. The summed E-state index contributed by atoms with van der Waals surface area (Å²) < 4.78 is 10.6.